The van der Waals surface area contributed by atoms with E-state index in [0.29, 0.717) is 0 Å². The maximum absolute atomic E-state index is 11.9. The van der Waals surface area contributed by atoms with Crippen LogP contribution in [0.15, 0.2) is 29.1 Å². The molecule has 0 saturated carbocycles. The molecule has 1 aliphatic heterocycles. The number of allylic oxidation sites excluding steroid dienone is 2. The zero-order valence-corrected chi connectivity index (χ0v) is 10.5. The molecule has 0 saturated heterocycles. The molecule has 2 heterocycles. The van der Waals surface area contributed by atoms with E-state index in [4.69, 9.17) is 0 Å². The fourth-order valence-corrected chi connectivity index (χ4v) is 1.95. The topological polar surface area (TPSA) is 47.2 Å². The first-order valence-corrected chi connectivity index (χ1v) is 6.27. The number of hydrogen-bond donors (Lipinski definition) is 0. The summed E-state index contributed by atoms with van der Waals surface area (Å²) in [5, 5.41) is 0. The second kappa shape index (κ2) is 3.97. The maximum Gasteiger partial charge on any atom is 0.145 e. The number of rotatable bonds is 1. The molecular weight excluding hydrogens is 222 g/mol. The summed E-state index contributed by atoms with van der Waals surface area (Å²) < 4.78 is 17.8. The first-order valence-electron chi connectivity index (χ1n) is 5.16. The SMILES string of the molecule is CC(C)(C)S(=O)N=C1C=CCn2cncc21. The van der Waals surface area contributed by atoms with E-state index >= 15 is 0 Å². The van der Waals surface area contributed by atoms with Crippen molar-refractivity contribution in [1.82, 2.24) is 9.55 Å². The molecule has 1 unspecified atom stereocenters. The van der Waals surface area contributed by atoms with Crippen molar-refractivity contribution in [3.05, 3.63) is 30.4 Å². The third kappa shape index (κ3) is 2.14. The largest absolute Gasteiger partial charge is 0.325 e. The lowest BCUT2D eigenvalue weighted by atomic mass is 10.2. The van der Waals surface area contributed by atoms with Crippen molar-refractivity contribution in [3.8, 4) is 0 Å². The molecule has 0 radical (unpaired) electrons. The molecular formula is C11H15N3OS. The average molecular weight is 237 g/mol. The maximum atomic E-state index is 11.9. The van der Waals surface area contributed by atoms with Crippen LogP contribution in [0.5, 0.6) is 0 Å². The Morgan fingerprint density at radius 1 is 1.50 bits per heavy atom. The summed E-state index contributed by atoms with van der Waals surface area (Å²) in [6.07, 6.45) is 7.41. The molecule has 86 valence electrons. The van der Waals surface area contributed by atoms with Gasteiger partial charge in [-0.2, -0.15) is 4.40 Å². The van der Waals surface area contributed by atoms with Crippen LogP contribution in [0.4, 0.5) is 0 Å². The Bertz CT molecular complexity index is 480. The summed E-state index contributed by atoms with van der Waals surface area (Å²) in [4.78, 5) is 4.07. The summed E-state index contributed by atoms with van der Waals surface area (Å²) in [7, 11) is -1.23. The minimum absolute atomic E-state index is 0.330. The Labute approximate surface area is 97.7 Å². The van der Waals surface area contributed by atoms with Gasteiger partial charge in [-0.15, -0.1) is 0 Å². The van der Waals surface area contributed by atoms with Crippen molar-refractivity contribution in [2.45, 2.75) is 32.1 Å². The van der Waals surface area contributed by atoms with Gasteiger partial charge in [0, 0.05) is 6.54 Å². The van der Waals surface area contributed by atoms with Crippen molar-refractivity contribution in [2.75, 3.05) is 0 Å². The molecule has 1 aromatic heterocycles. The Balaban J connectivity index is 2.36. The van der Waals surface area contributed by atoms with Crippen LogP contribution in [-0.4, -0.2) is 24.2 Å². The molecule has 0 aliphatic carbocycles. The van der Waals surface area contributed by atoms with E-state index in [-0.39, 0.29) is 4.75 Å². The van der Waals surface area contributed by atoms with Crippen LogP contribution in [0.1, 0.15) is 26.5 Å². The van der Waals surface area contributed by atoms with Crippen molar-refractivity contribution in [3.63, 3.8) is 0 Å². The first-order chi connectivity index (χ1) is 7.48. The van der Waals surface area contributed by atoms with Gasteiger partial charge in [-0.05, 0) is 26.8 Å². The quantitative estimate of drug-likeness (QED) is 0.746. The summed E-state index contributed by atoms with van der Waals surface area (Å²) in [6.45, 7) is 6.54. The number of hydrogen-bond acceptors (Lipinski definition) is 2. The lowest BCUT2D eigenvalue weighted by molar-refractivity contribution is 0.650. The summed E-state index contributed by atoms with van der Waals surface area (Å²) in [6, 6.07) is 0. The Hall–Kier alpha value is -1.23. The van der Waals surface area contributed by atoms with Crippen LogP contribution in [0, 0.1) is 0 Å². The fourth-order valence-electron chi connectivity index (χ4n) is 1.35. The number of nitrogens with zero attached hydrogens (tertiary/aromatic N) is 3. The second-order valence-corrected chi connectivity index (χ2v) is 6.58. The van der Waals surface area contributed by atoms with E-state index in [1.54, 1.807) is 12.5 Å². The highest BCUT2D eigenvalue weighted by molar-refractivity contribution is 7.85. The average Bonchev–Trinajstić information content (AvgIpc) is 2.65. The predicted molar refractivity (Wildman–Crippen MR) is 65.8 cm³/mol. The predicted octanol–water partition coefficient (Wildman–Crippen LogP) is 1.70. The molecule has 0 spiro atoms. The molecule has 16 heavy (non-hydrogen) atoms. The highest BCUT2D eigenvalue weighted by Crippen LogP contribution is 2.16. The highest BCUT2D eigenvalue weighted by atomic mass is 32.2. The van der Waals surface area contributed by atoms with Gasteiger partial charge < -0.3 is 4.57 Å². The standard InChI is InChI=1S/C11H15N3OS/c1-11(2,3)16(15)13-9-5-4-6-14-8-12-7-10(9)14/h4-5,7-8H,6H2,1-3H3. The summed E-state index contributed by atoms with van der Waals surface area (Å²) in [5.74, 6) is 0. The monoisotopic (exact) mass is 237 g/mol. The fraction of sp³-hybridized carbons (Fsp3) is 0.455. The minimum Gasteiger partial charge on any atom is -0.325 e. The molecule has 1 aromatic rings. The van der Waals surface area contributed by atoms with E-state index in [0.717, 1.165) is 18.0 Å². The van der Waals surface area contributed by atoms with Gasteiger partial charge in [-0.3, -0.25) is 0 Å². The Morgan fingerprint density at radius 3 is 2.94 bits per heavy atom. The van der Waals surface area contributed by atoms with Gasteiger partial charge in [0.25, 0.3) is 0 Å². The van der Waals surface area contributed by atoms with Gasteiger partial charge in [0.2, 0.25) is 0 Å². The minimum atomic E-state index is -1.23. The van der Waals surface area contributed by atoms with Crippen LogP contribution in [0.25, 0.3) is 0 Å². The van der Waals surface area contributed by atoms with Crippen LogP contribution in [0.3, 0.4) is 0 Å². The van der Waals surface area contributed by atoms with E-state index < -0.39 is 11.0 Å². The van der Waals surface area contributed by atoms with E-state index in [9.17, 15) is 4.21 Å². The van der Waals surface area contributed by atoms with Gasteiger partial charge in [0.1, 0.15) is 11.0 Å². The molecule has 0 N–H and O–H groups in total. The van der Waals surface area contributed by atoms with Crippen LogP contribution >= 0.6 is 0 Å². The molecule has 1 aliphatic rings. The Morgan fingerprint density at radius 2 is 2.25 bits per heavy atom. The van der Waals surface area contributed by atoms with Gasteiger partial charge in [-0.25, -0.2) is 9.19 Å². The van der Waals surface area contributed by atoms with Gasteiger partial charge in [0.15, 0.2) is 0 Å². The van der Waals surface area contributed by atoms with E-state index in [1.165, 1.54) is 0 Å². The normalized spacial score (nSPS) is 19.8. The zero-order chi connectivity index (χ0) is 11.8. The van der Waals surface area contributed by atoms with E-state index in [2.05, 4.69) is 9.38 Å². The summed E-state index contributed by atoms with van der Waals surface area (Å²) >= 11 is 0. The molecule has 2 rings (SSSR count). The van der Waals surface area contributed by atoms with Gasteiger partial charge >= 0.3 is 0 Å². The van der Waals surface area contributed by atoms with Crippen molar-refractivity contribution < 1.29 is 4.21 Å². The molecule has 4 nitrogen and oxygen atoms in total. The summed E-state index contributed by atoms with van der Waals surface area (Å²) in [5.41, 5.74) is 1.68. The lowest BCUT2D eigenvalue weighted by Gasteiger charge is -2.16. The van der Waals surface area contributed by atoms with Crippen LogP contribution < -0.4 is 0 Å². The zero-order valence-electron chi connectivity index (χ0n) is 9.67. The van der Waals surface area contributed by atoms with Crippen LogP contribution in [0.2, 0.25) is 0 Å². The van der Waals surface area contributed by atoms with Gasteiger partial charge in [0.05, 0.1) is 28.7 Å². The van der Waals surface area contributed by atoms with Crippen LogP contribution in [-0.2, 0) is 17.5 Å². The molecule has 0 amide bonds. The third-order valence-corrected chi connectivity index (χ3v) is 3.67. The number of imidazole rings is 1. The molecule has 1 atom stereocenters. The van der Waals surface area contributed by atoms with Crippen molar-refractivity contribution in [2.24, 2.45) is 4.40 Å². The number of fused-ring (bicyclic) bond motifs is 1. The van der Waals surface area contributed by atoms with E-state index in [1.807, 2.05) is 37.5 Å². The molecule has 5 heteroatoms. The molecule has 0 aromatic carbocycles. The smallest absolute Gasteiger partial charge is 0.145 e. The lowest BCUT2D eigenvalue weighted by Crippen LogP contribution is -2.22. The van der Waals surface area contributed by atoms with Crippen molar-refractivity contribution in [1.29, 1.82) is 0 Å². The molecule has 0 fully saturated rings. The first kappa shape index (κ1) is 11.3. The Kier molecular flexibility index (Phi) is 2.80. The molecule has 0 bridgehead atoms. The second-order valence-electron chi connectivity index (χ2n) is 4.67. The number of aromatic nitrogens is 2. The van der Waals surface area contributed by atoms with Gasteiger partial charge in [-0.1, -0.05) is 6.08 Å². The highest BCUT2D eigenvalue weighted by Gasteiger charge is 2.21. The van der Waals surface area contributed by atoms with Crippen molar-refractivity contribution >= 4 is 16.7 Å². The third-order valence-electron chi connectivity index (χ3n) is 2.26.